The molecular formula is C18H25NO5. The van der Waals surface area contributed by atoms with Crippen molar-refractivity contribution in [3.63, 3.8) is 0 Å². The van der Waals surface area contributed by atoms with E-state index in [0.29, 0.717) is 24.7 Å². The molecule has 6 heteroatoms. The first-order chi connectivity index (χ1) is 11.5. The maximum atomic E-state index is 12.0. The lowest BCUT2D eigenvalue weighted by atomic mass is 10.1. The minimum Gasteiger partial charge on any atom is -0.493 e. The van der Waals surface area contributed by atoms with Crippen LogP contribution in [-0.4, -0.2) is 42.1 Å². The van der Waals surface area contributed by atoms with Crippen LogP contribution in [0.4, 0.5) is 0 Å². The summed E-state index contributed by atoms with van der Waals surface area (Å²) in [5.41, 5.74) is 0.903. The Hall–Kier alpha value is -2.24. The topological polar surface area (TPSA) is 76.1 Å². The number of benzene rings is 1. The molecule has 1 atom stereocenters. The van der Waals surface area contributed by atoms with Gasteiger partial charge >= 0.3 is 5.97 Å². The maximum Gasteiger partial charge on any atom is 0.308 e. The van der Waals surface area contributed by atoms with E-state index in [9.17, 15) is 9.59 Å². The molecule has 1 aliphatic rings. The Kier molecular flexibility index (Phi) is 6.46. The largest absolute Gasteiger partial charge is 0.493 e. The Morgan fingerprint density at radius 3 is 2.75 bits per heavy atom. The van der Waals surface area contributed by atoms with Gasteiger partial charge in [-0.05, 0) is 24.1 Å². The Morgan fingerprint density at radius 1 is 1.33 bits per heavy atom. The van der Waals surface area contributed by atoms with E-state index >= 15 is 0 Å². The summed E-state index contributed by atoms with van der Waals surface area (Å²) in [7, 11) is 1.59. The molecule has 0 aromatic heterocycles. The van der Waals surface area contributed by atoms with E-state index in [2.05, 4.69) is 6.92 Å². The van der Waals surface area contributed by atoms with Crippen LogP contribution in [0.15, 0.2) is 18.2 Å². The second kappa shape index (κ2) is 8.57. The van der Waals surface area contributed by atoms with Crippen LogP contribution >= 0.6 is 0 Å². The summed E-state index contributed by atoms with van der Waals surface area (Å²) in [6, 6.07) is 5.56. The van der Waals surface area contributed by atoms with Crippen LogP contribution < -0.4 is 9.47 Å². The monoisotopic (exact) mass is 335 g/mol. The molecule has 1 N–H and O–H groups in total. The molecule has 0 bridgehead atoms. The quantitative estimate of drug-likeness (QED) is 0.702. The lowest BCUT2D eigenvalue weighted by Crippen LogP contribution is -2.25. The van der Waals surface area contributed by atoms with Crippen LogP contribution in [0.2, 0.25) is 0 Å². The molecule has 0 radical (unpaired) electrons. The first-order valence-electron chi connectivity index (χ1n) is 8.35. The summed E-state index contributed by atoms with van der Waals surface area (Å²) < 4.78 is 11.1. The van der Waals surface area contributed by atoms with Gasteiger partial charge in [0.25, 0.3) is 0 Å². The van der Waals surface area contributed by atoms with Crippen molar-refractivity contribution in [1.29, 1.82) is 0 Å². The van der Waals surface area contributed by atoms with E-state index in [4.69, 9.17) is 14.6 Å². The van der Waals surface area contributed by atoms with Crippen molar-refractivity contribution in [3.05, 3.63) is 23.8 Å². The van der Waals surface area contributed by atoms with Crippen molar-refractivity contribution >= 4 is 11.9 Å². The van der Waals surface area contributed by atoms with E-state index in [1.165, 1.54) is 0 Å². The van der Waals surface area contributed by atoms with E-state index in [1.54, 1.807) is 12.0 Å². The van der Waals surface area contributed by atoms with E-state index in [-0.39, 0.29) is 18.9 Å². The average molecular weight is 335 g/mol. The summed E-state index contributed by atoms with van der Waals surface area (Å²) >= 11 is 0. The van der Waals surface area contributed by atoms with Gasteiger partial charge in [-0.2, -0.15) is 0 Å². The number of likely N-dealkylation sites (tertiary alicyclic amines) is 1. The van der Waals surface area contributed by atoms with Crippen molar-refractivity contribution in [2.24, 2.45) is 5.92 Å². The van der Waals surface area contributed by atoms with Gasteiger partial charge in [-0.15, -0.1) is 0 Å². The summed E-state index contributed by atoms with van der Waals surface area (Å²) in [5, 5.41) is 9.05. The molecular weight excluding hydrogens is 310 g/mol. The number of ether oxygens (including phenoxy) is 2. The van der Waals surface area contributed by atoms with Gasteiger partial charge in [0.1, 0.15) is 0 Å². The number of hydrogen-bond acceptors (Lipinski definition) is 4. The highest BCUT2D eigenvalue weighted by Crippen LogP contribution is 2.30. The number of carboxylic acids is 1. The predicted molar refractivity (Wildman–Crippen MR) is 89.2 cm³/mol. The fourth-order valence-electron chi connectivity index (χ4n) is 2.78. The molecule has 6 nitrogen and oxygen atoms in total. The van der Waals surface area contributed by atoms with Crippen molar-refractivity contribution in [2.45, 2.75) is 39.2 Å². The third-order valence-corrected chi connectivity index (χ3v) is 4.17. The maximum absolute atomic E-state index is 12.0. The number of rotatable bonds is 9. The number of nitrogens with zero attached hydrogens (tertiary/aromatic N) is 1. The average Bonchev–Trinajstić information content (AvgIpc) is 2.93. The number of aliphatic carboxylic acids is 1. The van der Waals surface area contributed by atoms with Crippen LogP contribution in [0, 0.1) is 5.92 Å². The first-order valence-corrected chi connectivity index (χ1v) is 8.35. The van der Waals surface area contributed by atoms with Gasteiger partial charge in [0.05, 0.1) is 19.6 Å². The predicted octanol–water partition coefficient (Wildman–Crippen LogP) is 2.70. The minimum absolute atomic E-state index is 0.0753. The zero-order valence-corrected chi connectivity index (χ0v) is 14.3. The van der Waals surface area contributed by atoms with Gasteiger partial charge in [-0.3, -0.25) is 9.59 Å². The van der Waals surface area contributed by atoms with Gasteiger partial charge in [0.15, 0.2) is 11.5 Å². The van der Waals surface area contributed by atoms with Crippen molar-refractivity contribution < 1.29 is 24.2 Å². The van der Waals surface area contributed by atoms with Crippen LogP contribution in [0.3, 0.4) is 0 Å². The molecule has 1 aromatic carbocycles. The fourth-order valence-corrected chi connectivity index (χ4v) is 2.78. The summed E-state index contributed by atoms with van der Waals surface area (Å²) in [6.45, 7) is 3.40. The highest BCUT2D eigenvalue weighted by molar-refractivity contribution is 5.86. The molecule has 0 saturated carbocycles. The van der Waals surface area contributed by atoms with Crippen LogP contribution in [0.5, 0.6) is 11.5 Å². The normalized spacial score (nSPS) is 17.2. The zero-order chi connectivity index (χ0) is 17.5. The molecule has 1 aromatic rings. The Balaban J connectivity index is 2.02. The first kappa shape index (κ1) is 18.1. The molecule has 24 heavy (non-hydrogen) atoms. The minimum atomic E-state index is -0.916. The molecule has 1 unspecified atom stereocenters. The number of unbranched alkanes of at least 4 members (excludes halogenated alkanes) is 2. The number of carbonyl (C=O) groups is 2. The van der Waals surface area contributed by atoms with Gasteiger partial charge in [-0.1, -0.05) is 25.8 Å². The van der Waals surface area contributed by atoms with Crippen molar-refractivity contribution in [1.82, 2.24) is 4.90 Å². The molecule has 1 saturated heterocycles. The van der Waals surface area contributed by atoms with Gasteiger partial charge in [0.2, 0.25) is 5.91 Å². The van der Waals surface area contributed by atoms with Crippen molar-refractivity contribution in [2.75, 3.05) is 20.3 Å². The molecule has 1 aliphatic heterocycles. The Labute approximate surface area is 142 Å². The third-order valence-electron chi connectivity index (χ3n) is 4.17. The third kappa shape index (κ3) is 4.63. The lowest BCUT2D eigenvalue weighted by Gasteiger charge is -2.18. The van der Waals surface area contributed by atoms with E-state index < -0.39 is 11.9 Å². The summed E-state index contributed by atoms with van der Waals surface area (Å²) in [5.74, 6) is -0.330. The number of hydrogen-bond donors (Lipinski definition) is 1. The molecule has 1 heterocycles. The van der Waals surface area contributed by atoms with Crippen LogP contribution in [-0.2, 0) is 16.1 Å². The highest BCUT2D eigenvalue weighted by Gasteiger charge is 2.34. The van der Waals surface area contributed by atoms with Gasteiger partial charge < -0.3 is 19.5 Å². The number of amides is 1. The highest BCUT2D eigenvalue weighted by atomic mass is 16.5. The van der Waals surface area contributed by atoms with Gasteiger partial charge in [0, 0.05) is 19.5 Å². The van der Waals surface area contributed by atoms with E-state index in [0.717, 1.165) is 24.8 Å². The smallest absolute Gasteiger partial charge is 0.308 e. The second-order valence-electron chi connectivity index (χ2n) is 6.05. The standard InChI is InChI=1S/C18H25NO5/c1-3-4-5-8-24-16-9-13(6-7-15(16)23-2)11-19-12-14(18(21)22)10-17(19)20/h6-7,9,14H,3-5,8,10-12H2,1-2H3,(H,21,22). The summed E-state index contributed by atoms with van der Waals surface area (Å²) in [4.78, 5) is 24.6. The lowest BCUT2D eigenvalue weighted by molar-refractivity contribution is -0.141. The van der Waals surface area contributed by atoms with E-state index in [1.807, 2.05) is 18.2 Å². The molecule has 0 aliphatic carbocycles. The Morgan fingerprint density at radius 2 is 2.12 bits per heavy atom. The number of carbonyl (C=O) groups excluding carboxylic acids is 1. The molecule has 1 fully saturated rings. The number of carboxylic acid groups (broad SMARTS) is 1. The fraction of sp³-hybridized carbons (Fsp3) is 0.556. The molecule has 132 valence electrons. The Bertz CT molecular complexity index is 587. The van der Waals surface area contributed by atoms with Crippen molar-refractivity contribution in [3.8, 4) is 11.5 Å². The molecule has 0 spiro atoms. The second-order valence-corrected chi connectivity index (χ2v) is 6.05. The van der Waals surface area contributed by atoms with Crippen LogP contribution in [0.25, 0.3) is 0 Å². The number of methoxy groups -OCH3 is 1. The zero-order valence-electron chi connectivity index (χ0n) is 14.3. The SMILES string of the molecule is CCCCCOc1cc(CN2CC(C(=O)O)CC2=O)ccc1OC. The summed E-state index contributed by atoms with van der Waals surface area (Å²) in [6.07, 6.45) is 3.30. The molecule has 2 rings (SSSR count). The van der Waals surface area contributed by atoms with Crippen LogP contribution in [0.1, 0.15) is 38.2 Å². The molecule has 1 amide bonds. The van der Waals surface area contributed by atoms with Gasteiger partial charge in [-0.25, -0.2) is 0 Å².